The minimum absolute atomic E-state index is 0.0141. The Labute approximate surface area is 114 Å². The van der Waals surface area contributed by atoms with Crippen LogP contribution in [0, 0.1) is 0 Å². The van der Waals surface area contributed by atoms with E-state index in [4.69, 9.17) is 10.5 Å². The van der Waals surface area contributed by atoms with Gasteiger partial charge >= 0.3 is 0 Å². The Kier molecular flexibility index (Phi) is 4.22. The number of nitrogens with two attached hydrogens (primary N) is 1. The predicted molar refractivity (Wildman–Crippen MR) is 74.7 cm³/mol. The molecule has 2 rings (SSSR count). The summed E-state index contributed by atoms with van der Waals surface area (Å²) < 4.78 is 5.61. The van der Waals surface area contributed by atoms with E-state index in [1.165, 1.54) is 0 Å². The molecule has 4 heteroatoms. The van der Waals surface area contributed by atoms with Crippen molar-refractivity contribution in [1.82, 2.24) is 4.90 Å². The molecule has 1 atom stereocenters. The predicted octanol–water partition coefficient (Wildman–Crippen LogP) is 1.19. The summed E-state index contributed by atoms with van der Waals surface area (Å²) in [5.74, 6) is 0.0141. The molecule has 0 bridgehead atoms. The molecule has 1 aliphatic heterocycles. The van der Waals surface area contributed by atoms with Gasteiger partial charge in [0.2, 0.25) is 5.91 Å². The van der Waals surface area contributed by atoms with Gasteiger partial charge in [-0.1, -0.05) is 30.3 Å². The van der Waals surface area contributed by atoms with E-state index in [9.17, 15) is 4.79 Å². The van der Waals surface area contributed by atoms with Crippen molar-refractivity contribution in [3.63, 3.8) is 0 Å². The van der Waals surface area contributed by atoms with E-state index in [-0.39, 0.29) is 11.5 Å². The number of hydrogen-bond donors (Lipinski definition) is 1. The number of carbonyl (C=O) groups is 1. The zero-order chi connectivity index (χ0) is 13.9. The SMILES string of the molecule is CC1(C)CN(C(=O)[C@H](N)Cc2ccccc2)CCO1. The molecule has 1 amide bonds. The normalized spacial score (nSPS) is 20.1. The number of rotatable bonds is 3. The van der Waals surface area contributed by atoms with Crippen LogP contribution in [0.5, 0.6) is 0 Å². The first-order valence-electron chi connectivity index (χ1n) is 6.70. The van der Waals surface area contributed by atoms with Gasteiger partial charge in [0.05, 0.1) is 18.2 Å². The molecule has 1 heterocycles. The minimum atomic E-state index is -0.476. The zero-order valence-corrected chi connectivity index (χ0v) is 11.6. The highest BCUT2D eigenvalue weighted by atomic mass is 16.5. The molecular formula is C15H22N2O2. The van der Waals surface area contributed by atoms with Gasteiger partial charge < -0.3 is 15.4 Å². The molecular weight excluding hydrogens is 240 g/mol. The molecule has 1 aliphatic rings. The van der Waals surface area contributed by atoms with Crippen molar-refractivity contribution >= 4 is 5.91 Å². The van der Waals surface area contributed by atoms with Crippen LogP contribution in [0.25, 0.3) is 0 Å². The smallest absolute Gasteiger partial charge is 0.240 e. The summed E-state index contributed by atoms with van der Waals surface area (Å²) >= 11 is 0. The van der Waals surface area contributed by atoms with E-state index in [0.717, 1.165) is 5.56 Å². The first kappa shape index (κ1) is 14.0. The van der Waals surface area contributed by atoms with E-state index in [0.29, 0.717) is 26.1 Å². The molecule has 0 spiro atoms. The standard InChI is InChI=1S/C15H22N2O2/c1-15(2)11-17(8-9-19-15)14(18)13(16)10-12-6-4-3-5-7-12/h3-7,13H,8-11,16H2,1-2H3/t13-/m1/s1. The molecule has 0 aliphatic carbocycles. The number of benzene rings is 1. The second-order valence-corrected chi connectivity index (χ2v) is 5.66. The third kappa shape index (κ3) is 3.78. The van der Waals surface area contributed by atoms with Crippen LogP contribution in [0.1, 0.15) is 19.4 Å². The van der Waals surface area contributed by atoms with Crippen molar-refractivity contribution in [2.45, 2.75) is 31.9 Å². The minimum Gasteiger partial charge on any atom is -0.372 e. The molecule has 104 valence electrons. The lowest BCUT2D eigenvalue weighted by Gasteiger charge is -2.39. The van der Waals surface area contributed by atoms with Gasteiger partial charge in [-0.15, -0.1) is 0 Å². The molecule has 2 N–H and O–H groups in total. The average molecular weight is 262 g/mol. The maximum Gasteiger partial charge on any atom is 0.240 e. The number of hydrogen-bond acceptors (Lipinski definition) is 3. The fourth-order valence-corrected chi connectivity index (χ4v) is 2.39. The number of amides is 1. The van der Waals surface area contributed by atoms with E-state index >= 15 is 0 Å². The van der Waals surface area contributed by atoms with Gasteiger partial charge in [-0.3, -0.25) is 4.79 Å². The van der Waals surface area contributed by atoms with Crippen LogP contribution in [0.15, 0.2) is 30.3 Å². The number of morpholine rings is 1. The Morgan fingerprint density at radius 1 is 1.42 bits per heavy atom. The third-order valence-corrected chi connectivity index (χ3v) is 3.35. The number of nitrogens with zero attached hydrogens (tertiary/aromatic N) is 1. The Bertz CT molecular complexity index is 431. The molecule has 0 aromatic heterocycles. The molecule has 1 fully saturated rings. The highest BCUT2D eigenvalue weighted by molar-refractivity contribution is 5.82. The molecule has 1 saturated heterocycles. The Hall–Kier alpha value is -1.39. The maximum atomic E-state index is 12.3. The van der Waals surface area contributed by atoms with Crippen LogP contribution in [0.4, 0.5) is 0 Å². The second-order valence-electron chi connectivity index (χ2n) is 5.66. The largest absolute Gasteiger partial charge is 0.372 e. The Balaban J connectivity index is 1.95. The monoisotopic (exact) mass is 262 g/mol. The summed E-state index contributed by atoms with van der Waals surface area (Å²) in [7, 11) is 0. The van der Waals surface area contributed by atoms with E-state index in [2.05, 4.69) is 0 Å². The summed E-state index contributed by atoms with van der Waals surface area (Å²) in [5, 5.41) is 0. The number of ether oxygens (including phenoxy) is 1. The molecule has 4 nitrogen and oxygen atoms in total. The first-order chi connectivity index (χ1) is 8.98. The fourth-order valence-electron chi connectivity index (χ4n) is 2.39. The van der Waals surface area contributed by atoms with Crippen LogP contribution in [0.3, 0.4) is 0 Å². The van der Waals surface area contributed by atoms with E-state index in [1.54, 1.807) is 0 Å². The molecule has 1 aromatic rings. The molecule has 1 aromatic carbocycles. The van der Waals surface area contributed by atoms with Crippen molar-refractivity contribution in [2.75, 3.05) is 19.7 Å². The maximum absolute atomic E-state index is 12.3. The van der Waals surface area contributed by atoms with Crippen molar-refractivity contribution in [3.05, 3.63) is 35.9 Å². The van der Waals surface area contributed by atoms with Gasteiger partial charge in [-0.05, 0) is 25.8 Å². The van der Waals surface area contributed by atoms with Crippen LogP contribution < -0.4 is 5.73 Å². The lowest BCUT2D eigenvalue weighted by Crippen LogP contribution is -2.55. The zero-order valence-electron chi connectivity index (χ0n) is 11.6. The van der Waals surface area contributed by atoms with Crippen LogP contribution >= 0.6 is 0 Å². The fraction of sp³-hybridized carbons (Fsp3) is 0.533. The Morgan fingerprint density at radius 3 is 2.74 bits per heavy atom. The van der Waals surface area contributed by atoms with Gasteiger partial charge in [-0.2, -0.15) is 0 Å². The van der Waals surface area contributed by atoms with Gasteiger partial charge in [-0.25, -0.2) is 0 Å². The molecule has 0 saturated carbocycles. The highest BCUT2D eigenvalue weighted by Crippen LogP contribution is 2.17. The van der Waals surface area contributed by atoms with Gasteiger partial charge in [0, 0.05) is 13.1 Å². The quantitative estimate of drug-likeness (QED) is 0.890. The summed E-state index contributed by atoms with van der Waals surface area (Å²) in [6.45, 7) is 5.81. The van der Waals surface area contributed by atoms with Crippen molar-refractivity contribution < 1.29 is 9.53 Å². The van der Waals surface area contributed by atoms with E-state index in [1.807, 2.05) is 49.1 Å². The van der Waals surface area contributed by atoms with Gasteiger partial charge in [0.15, 0.2) is 0 Å². The van der Waals surface area contributed by atoms with Crippen LogP contribution in [0.2, 0.25) is 0 Å². The van der Waals surface area contributed by atoms with Crippen LogP contribution in [-0.2, 0) is 16.0 Å². The van der Waals surface area contributed by atoms with Gasteiger partial charge in [0.25, 0.3) is 0 Å². The van der Waals surface area contributed by atoms with E-state index < -0.39 is 6.04 Å². The molecule has 0 unspecified atom stereocenters. The lowest BCUT2D eigenvalue weighted by molar-refractivity contribution is -0.147. The summed E-state index contributed by atoms with van der Waals surface area (Å²) in [6.07, 6.45) is 0.581. The number of carbonyl (C=O) groups excluding carboxylic acids is 1. The third-order valence-electron chi connectivity index (χ3n) is 3.35. The van der Waals surface area contributed by atoms with Crippen molar-refractivity contribution in [2.24, 2.45) is 5.73 Å². The van der Waals surface area contributed by atoms with Gasteiger partial charge in [0.1, 0.15) is 0 Å². The topological polar surface area (TPSA) is 55.6 Å². The molecule has 19 heavy (non-hydrogen) atoms. The van der Waals surface area contributed by atoms with Crippen molar-refractivity contribution in [1.29, 1.82) is 0 Å². The lowest BCUT2D eigenvalue weighted by atomic mass is 10.0. The molecule has 0 radical (unpaired) electrons. The summed E-state index contributed by atoms with van der Waals surface area (Å²) in [5.41, 5.74) is 6.85. The Morgan fingerprint density at radius 2 is 2.11 bits per heavy atom. The summed E-state index contributed by atoms with van der Waals surface area (Å²) in [4.78, 5) is 14.2. The average Bonchev–Trinajstić information content (AvgIpc) is 2.38. The first-order valence-corrected chi connectivity index (χ1v) is 6.70. The van der Waals surface area contributed by atoms with Crippen LogP contribution in [-0.4, -0.2) is 42.1 Å². The summed E-state index contributed by atoms with van der Waals surface area (Å²) in [6, 6.07) is 9.40. The highest BCUT2D eigenvalue weighted by Gasteiger charge is 2.31. The van der Waals surface area contributed by atoms with Crippen molar-refractivity contribution in [3.8, 4) is 0 Å². The second kappa shape index (κ2) is 5.72.